The van der Waals surface area contributed by atoms with Crippen LogP contribution in [0.4, 0.5) is 0 Å². The third-order valence-electron chi connectivity index (χ3n) is 3.84. The summed E-state index contributed by atoms with van der Waals surface area (Å²) in [7, 11) is 0. The summed E-state index contributed by atoms with van der Waals surface area (Å²) >= 11 is 0. The van der Waals surface area contributed by atoms with E-state index in [0.29, 0.717) is 0 Å². The fraction of sp³-hybridized carbons (Fsp3) is 0.818. The molecule has 2 atom stereocenters. The van der Waals surface area contributed by atoms with E-state index < -0.39 is 5.60 Å². The van der Waals surface area contributed by atoms with Crippen LogP contribution in [-0.4, -0.2) is 10.7 Å². The lowest BCUT2D eigenvalue weighted by molar-refractivity contribution is -0.0764. The minimum atomic E-state index is -0.469. The van der Waals surface area contributed by atoms with Crippen molar-refractivity contribution in [1.29, 1.82) is 0 Å². The predicted molar refractivity (Wildman–Crippen MR) is 49.9 cm³/mol. The summed E-state index contributed by atoms with van der Waals surface area (Å²) < 4.78 is 0. The standard InChI is InChI=1S/C11H18O/c1-10-6-2-4-8-11(10,12)9-5-3-7-10/h4,8,12H,2-3,5-7,9H2,1H3/t10-,11+/m1/s1. The summed E-state index contributed by atoms with van der Waals surface area (Å²) in [4.78, 5) is 0. The molecule has 0 aliphatic heterocycles. The summed E-state index contributed by atoms with van der Waals surface area (Å²) in [5.74, 6) is 0. The van der Waals surface area contributed by atoms with Crippen LogP contribution in [-0.2, 0) is 0 Å². The Labute approximate surface area is 74.5 Å². The van der Waals surface area contributed by atoms with Crippen molar-refractivity contribution in [3.63, 3.8) is 0 Å². The maximum absolute atomic E-state index is 10.4. The molecule has 0 unspecified atom stereocenters. The monoisotopic (exact) mass is 166 g/mol. The third-order valence-corrected chi connectivity index (χ3v) is 3.84. The number of hydrogen-bond acceptors (Lipinski definition) is 1. The van der Waals surface area contributed by atoms with Crippen molar-refractivity contribution in [2.24, 2.45) is 5.41 Å². The second-order valence-electron chi connectivity index (χ2n) is 4.63. The van der Waals surface area contributed by atoms with E-state index in [1.54, 1.807) is 0 Å². The molecular weight excluding hydrogens is 148 g/mol. The highest BCUT2D eigenvalue weighted by molar-refractivity contribution is 5.15. The normalized spacial score (nSPS) is 47.2. The Bertz CT molecular complexity index is 209. The molecule has 0 amide bonds. The summed E-state index contributed by atoms with van der Waals surface area (Å²) in [6.07, 6.45) is 11.2. The van der Waals surface area contributed by atoms with Gasteiger partial charge in [-0.05, 0) is 25.7 Å². The van der Waals surface area contributed by atoms with E-state index in [2.05, 4.69) is 19.1 Å². The van der Waals surface area contributed by atoms with Gasteiger partial charge in [0.05, 0.1) is 5.60 Å². The lowest BCUT2D eigenvalue weighted by Crippen LogP contribution is -2.48. The van der Waals surface area contributed by atoms with Gasteiger partial charge in [-0.3, -0.25) is 0 Å². The molecular formula is C11H18O. The number of hydrogen-bond donors (Lipinski definition) is 1. The first-order valence-corrected chi connectivity index (χ1v) is 5.06. The number of fused-ring (bicyclic) bond motifs is 1. The smallest absolute Gasteiger partial charge is 0.0881 e. The molecule has 0 aromatic rings. The van der Waals surface area contributed by atoms with E-state index in [1.165, 1.54) is 25.7 Å². The minimum Gasteiger partial charge on any atom is -0.385 e. The van der Waals surface area contributed by atoms with Crippen molar-refractivity contribution in [2.75, 3.05) is 0 Å². The molecule has 2 aliphatic rings. The van der Waals surface area contributed by atoms with E-state index >= 15 is 0 Å². The molecule has 2 rings (SSSR count). The van der Waals surface area contributed by atoms with E-state index in [4.69, 9.17) is 0 Å². The van der Waals surface area contributed by atoms with Crippen LogP contribution in [0.5, 0.6) is 0 Å². The Kier molecular flexibility index (Phi) is 1.80. The van der Waals surface area contributed by atoms with E-state index in [-0.39, 0.29) is 5.41 Å². The molecule has 0 bridgehead atoms. The van der Waals surface area contributed by atoms with Gasteiger partial charge in [-0.1, -0.05) is 31.9 Å². The van der Waals surface area contributed by atoms with E-state index in [0.717, 1.165) is 12.8 Å². The molecule has 0 radical (unpaired) electrons. The maximum Gasteiger partial charge on any atom is 0.0881 e. The molecule has 0 aromatic heterocycles. The Morgan fingerprint density at radius 3 is 2.67 bits per heavy atom. The van der Waals surface area contributed by atoms with Crippen LogP contribution >= 0.6 is 0 Å². The SMILES string of the molecule is C[C@]12CCC=C[C@]1(O)CCCC2. The molecule has 1 nitrogen and oxygen atoms in total. The first kappa shape index (κ1) is 8.31. The van der Waals surface area contributed by atoms with Crippen LogP contribution in [0.25, 0.3) is 0 Å². The zero-order valence-corrected chi connectivity index (χ0v) is 7.84. The maximum atomic E-state index is 10.4. The van der Waals surface area contributed by atoms with Gasteiger partial charge in [0, 0.05) is 5.41 Å². The van der Waals surface area contributed by atoms with Gasteiger partial charge in [-0.25, -0.2) is 0 Å². The van der Waals surface area contributed by atoms with Crippen molar-refractivity contribution < 1.29 is 5.11 Å². The molecule has 0 aromatic carbocycles. The fourth-order valence-corrected chi connectivity index (χ4v) is 2.73. The fourth-order valence-electron chi connectivity index (χ4n) is 2.73. The molecule has 68 valence electrons. The first-order valence-electron chi connectivity index (χ1n) is 5.06. The van der Waals surface area contributed by atoms with Crippen LogP contribution in [0.3, 0.4) is 0 Å². The Morgan fingerprint density at radius 2 is 1.92 bits per heavy atom. The van der Waals surface area contributed by atoms with Gasteiger partial charge in [0.2, 0.25) is 0 Å². The van der Waals surface area contributed by atoms with Crippen LogP contribution in [0, 0.1) is 5.41 Å². The zero-order valence-electron chi connectivity index (χ0n) is 7.84. The molecule has 2 aliphatic carbocycles. The molecule has 0 saturated heterocycles. The van der Waals surface area contributed by atoms with E-state index in [1.807, 2.05) is 0 Å². The van der Waals surface area contributed by atoms with Crippen molar-refractivity contribution in [1.82, 2.24) is 0 Å². The van der Waals surface area contributed by atoms with Crippen molar-refractivity contribution in [3.8, 4) is 0 Å². The molecule has 1 fully saturated rings. The molecule has 1 saturated carbocycles. The van der Waals surface area contributed by atoms with Crippen LogP contribution in [0.2, 0.25) is 0 Å². The Morgan fingerprint density at radius 1 is 1.17 bits per heavy atom. The van der Waals surface area contributed by atoms with Gasteiger partial charge in [0.25, 0.3) is 0 Å². The van der Waals surface area contributed by atoms with E-state index in [9.17, 15) is 5.11 Å². The molecule has 1 N–H and O–H groups in total. The van der Waals surface area contributed by atoms with Crippen LogP contribution in [0.15, 0.2) is 12.2 Å². The topological polar surface area (TPSA) is 20.2 Å². The number of allylic oxidation sites excluding steroid dienone is 1. The van der Waals surface area contributed by atoms with Crippen LogP contribution < -0.4 is 0 Å². The average Bonchev–Trinajstić information content (AvgIpc) is 2.05. The summed E-state index contributed by atoms with van der Waals surface area (Å²) in [6, 6.07) is 0. The quantitative estimate of drug-likeness (QED) is 0.548. The largest absolute Gasteiger partial charge is 0.385 e. The van der Waals surface area contributed by atoms with Crippen molar-refractivity contribution >= 4 is 0 Å². The van der Waals surface area contributed by atoms with Crippen molar-refractivity contribution in [2.45, 2.75) is 51.0 Å². The van der Waals surface area contributed by atoms with Gasteiger partial charge in [-0.2, -0.15) is 0 Å². The number of rotatable bonds is 0. The lowest BCUT2D eigenvalue weighted by atomic mass is 9.60. The first-order chi connectivity index (χ1) is 5.66. The average molecular weight is 166 g/mol. The summed E-state index contributed by atoms with van der Waals surface area (Å²) in [5.41, 5.74) is -0.288. The summed E-state index contributed by atoms with van der Waals surface area (Å²) in [6.45, 7) is 2.25. The molecule has 0 spiro atoms. The number of aliphatic hydroxyl groups is 1. The second kappa shape index (κ2) is 2.59. The zero-order chi connectivity index (χ0) is 8.66. The highest BCUT2D eigenvalue weighted by Gasteiger charge is 2.47. The lowest BCUT2D eigenvalue weighted by Gasteiger charge is -2.49. The molecule has 1 heteroatoms. The van der Waals surface area contributed by atoms with Crippen LogP contribution in [0.1, 0.15) is 45.4 Å². The Balaban J connectivity index is 2.30. The van der Waals surface area contributed by atoms with Gasteiger partial charge >= 0.3 is 0 Å². The van der Waals surface area contributed by atoms with Gasteiger partial charge in [0.15, 0.2) is 0 Å². The minimum absolute atomic E-state index is 0.181. The predicted octanol–water partition coefficient (Wildman–Crippen LogP) is 2.65. The Hall–Kier alpha value is -0.300. The third kappa shape index (κ3) is 1.03. The van der Waals surface area contributed by atoms with Gasteiger partial charge in [-0.15, -0.1) is 0 Å². The highest BCUT2D eigenvalue weighted by atomic mass is 16.3. The molecule has 12 heavy (non-hydrogen) atoms. The van der Waals surface area contributed by atoms with Crippen molar-refractivity contribution in [3.05, 3.63) is 12.2 Å². The summed E-state index contributed by atoms with van der Waals surface area (Å²) in [5, 5.41) is 10.4. The highest BCUT2D eigenvalue weighted by Crippen LogP contribution is 2.50. The molecule has 0 heterocycles. The van der Waals surface area contributed by atoms with Gasteiger partial charge in [0.1, 0.15) is 0 Å². The van der Waals surface area contributed by atoms with Gasteiger partial charge < -0.3 is 5.11 Å². The second-order valence-corrected chi connectivity index (χ2v) is 4.63.